The minimum atomic E-state index is 0.561. The summed E-state index contributed by atoms with van der Waals surface area (Å²) in [5.41, 5.74) is 5.43. The summed E-state index contributed by atoms with van der Waals surface area (Å²) in [5.74, 6) is 0. The largest absolute Gasteiger partial charge is 0.332 e. The molecular formula is C19H19ClN4S. The first kappa shape index (κ1) is 17.5. The fraction of sp³-hybridized carbons (Fsp3) is 0.158. The summed E-state index contributed by atoms with van der Waals surface area (Å²) in [6, 6.07) is 14.3. The highest BCUT2D eigenvalue weighted by Gasteiger charge is 2.04. The van der Waals surface area contributed by atoms with Gasteiger partial charge in [-0.15, -0.1) is 0 Å². The van der Waals surface area contributed by atoms with Crippen molar-refractivity contribution < 1.29 is 0 Å². The Morgan fingerprint density at radius 3 is 2.72 bits per heavy atom. The molecule has 0 amide bonds. The lowest BCUT2D eigenvalue weighted by Gasteiger charge is -2.13. The third kappa shape index (κ3) is 4.81. The quantitative estimate of drug-likeness (QED) is 0.633. The molecule has 3 aromatic rings. The number of aryl methyl sites for hydroxylation is 2. The number of aromatic nitrogens is 2. The van der Waals surface area contributed by atoms with Gasteiger partial charge in [-0.1, -0.05) is 41.4 Å². The molecule has 0 saturated carbocycles. The average molecular weight is 371 g/mol. The lowest BCUT2D eigenvalue weighted by molar-refractivity contribution is 0.687. The standard InChI is InChI=1S/C19H19ClN4S/c1-13-6-7-18(14(2)8-13)23-19(25)22-17-5-3-4-15(9-17)11-24-12-16(20)10-21-24/h3-10,12H,11H2,1-2H3,(H2,22,23,25). The molecule has 128 valence electrons. The molecule has 0 aliphatic rings. The molecule has 0 saturated heterocycles. The number of thiocarbonyl (C=S) groups is 1. The van der Waals surface area contributed by atoms with Crippen molar-refractivity contribution in [1.82, 2.24) is 9.78 Å². The smallest absolute Gasteiger partial charge is 0.175 e. The highest BCUT2D eigenvalue weighted by Crippen LogP contribution is 2.17. The van der Waals surface area contributed by atoms with Gasteiger partial charge in [0.1, 0.15) is 0 Å². The molecule has 0 spiro atoms. The Hall–Kier alpha value is -2.37. The summed E-state index contributed by atoms with van der Waals surface area (Å²) >= 11 is 11.3. The van der Waals surface area contributed by atoms with Crippen LogP contribution in [-0.2, 0) is 6.54 Å². The molecule has 3 rings (SSSR count). The maximum Gasteiger partial charge on any atom is 0.175 e. The van der Waals surface area contributed by atoms with Gasteiger partial charge in [0.2, 0.25) is 0 Å². The number of rotatable bonds is 4. The Labute approximate surface area is 157 Å². The molecule has 1 aromatic heterocycles. The minimum Gasteiger partial charge on any atom is -0.332 e. The van der Waals surface area contributed by atoms with Crippen LogP contribution in [0, 0.1) is 13.8 Å². The summed E-state index contributed by atoms with van der Waals surface area (Å²) in [7, 11) is 0. The summed E-state index contributed by atoms with van der Waals surface area (Å²) in [4.78, 5) is 0. The van der Waals surface area contributed by atoms with Crippen molar-refractivity contribution in [3.8, 4) is 0 Å². The Morgan fingerprint density at radius 1 is 1.16 bits per heavy atom. The normalized spacial score (nSPS) is 10.5. The predicted octanol–water partition coefficient (Wildman–Crippen LogP) is 5.01. The van der Waals surface area contributed by atoms with Gasteiger partial charge in [0.05, 0.1) is 17.8 Å². The van der Waals surface area contributed by atoms with E-state index in [0.29, 0.717) is 16.7 Å². The van der Waals surface area contributed by atoms with E-state index in [-0.39, 0.29) is 0 Å². The van der Waals surface area contributed by atoms with Gasteiger partial charge >= 0.3 is 0 Å². The number of nitrogens with zero attached hydrogens (tertiary/aromatic N) is 2. The van der Waals surface area contributed by atoms with Gasteiger partial charge in [0.25, 0.3) is 0 Å². The van der Waals surface area contributed by atoms with Crippen LogP contribution in [0.2, 0.25) is 5.02 Å². The fourth-order valence-corrected chi connectivity index (χ4v) is 2.98. The lowest BCUT2D eigenvalue weighted by Crippen LogP contribution is -2.19. The number of anilines is 2. The third-order valence-electron chi connectivity index (χ3n) is 3.76. The van der Waals surface area contributed by atoms with E-state index >= 15 is 0 Å². The fourth-order valence-electron chi connectivity index (χ4n) is 2.60. The van der Waals surface area contributed by atoms with Crippen molar-refractivity contribution in [3.63, 3.8) is 0 Å². The minimum absolute atomic E-state index is 0.561. The van der Waals surface area contributed by atoms with Crippen molar-refractivity contribution in [2.75, 3.05) is 10.6 Å². The summed E-state index contributed by atoms with van der Waals surface area (Å²) in [5, 5.41) is 11.9. The van der Waals surface area contributed by atoms with E-state index in [0.717, 1.165) is 22.5 Å². The van der Waals surface area contributed by atoms with Crippen LogP contribution in [0.4, 0.5) is 11.4 Å². The molecule has 0 aliphatic carbocycles. The van der Waals surface area contributed by atoms with Crippen molar-refractivity contribution in [3.05, 3.63) is 76.6 Å². The van der Waals surface area contributed by atoms with Crippen LogP contribution in [0.15, 0.2) is 54.9 Å². The lowest BCUT2D eigenvalue weighted by atomic mass is 10.1. The van der Waals surface area contributed by atoms with Gasteiger partial charge in [-0.05, 0) is 55.4 Å². The van der Waals surface area contributed by atoms with Gasteiger partial charge in [-0.2, -0.15) is 5.10 Å². The monoisotopic (exact) mass is 370 g/mol. The second-order valence-corrected chi connectivity index (χ2v) is 6.80. The van der Waals surface area contributed by atoms with E-state index in [1.807, 2.05) is 30.3 Å². The van der Waals surface area contributed by atoms with E-state index in [1.54, 1.807) is 17.1 Å². The summed E-state index contributed by atoms with van der Waals surface area (Å²) in [6.45, 7) is 4.79. The second kappa shape index (κ2) is 7.68. The van der Waals surface area contributed by atoms with E-state index in [2.05, 4.69) is 41.7 Å². The molecule has 2 aromatic carbocycles. The van der Waals surface area contributed by atoms with E-state index in [9.17, 15) is 0 Å². The van der Waals surface area contributed by atoms with Crippen molar-refractivity contribution in [2.45, 2.75) is 20.4 Å². The number of hydrogen-bond acceptors (Lipinski definition) is 2. The molecule has 0 radical (unpaired) electrons. The van der Waals surface area contributed by atoms with Gasteiger partial charge in [-0.25, -0.2) is 0 Å². The SMILES string of the molecule is Cc1ccc(NC(=S)Nc2cccc(Cn3cc(Cl)cn3)c2)c(C)c1. The zero-order valence-corrected chi connectivity index (χ0v) is 15.7. The van der Waals surface area contributed by atoms with E-state index in [4.69, 9.17) is 23.8 Å². The maximum absolute atomic E-state index is 5.91. The van der Waals surface area contributed by atoms with E-state index < -0.39 is 0 Å². The predicted molar refractivity (Wildman–Crippen MR) is 109 cm³/mol. The average Bonchev–Trinajstić information content (AvgIpc) is 2.95. The van der Waals surface area contributed by atoms with Crippen LogP contribution in [0.25, 0.3) is 0 Å². The van der Waals surface area contributed by atoms with Crippen LogP contribution < -0.4 is 10.6 Å². The molecule has 0 fully saturated rings. The van der Waals surface area contributed by atoms with Crippen LogP contribution >= 0.6 is 23.8 Å². The van der Waals surface area contributed by atoms with Gasteiger partial charge in [0.15, 0.2) is 5.11 Å². The van der Waals surface area contributed by atoms with Crippen LogP contribution in [0.5, 0.6) is 0 Å². The first-order chi connectivity index (χ1) is 12.0. The summed E-state index contributed by atoms with van der Waals surface area (Å²) < 4.78 is 1.80. The summed E-state index contributed by atoms with van der Waals surface area (Å²) in [6.07, 6.45) is 3.43. The highest BCUT2D eigenvalue weighted by atomic mass is 35.5. The van der Waals surface area contributed by atoms with Gasteiger partial charge in [0, 0.05) is 17.6 Å². The molecule has 4 nitrogen and oxygen atoms in total. The molecule has 0 aliphatic heterocycles. The van der Waals surface area contributed by atoms with Crippen LogP contribution in [0.1, 0.15) is 16.7 Å². The Balaban J connectivity index is 1.66. The first-order valence-corrected chi connectivity index (χ1v) is 8.70. The number of hydrogen-bond donors (Lipinski definition) is 2. The zero-order valence-electron chi connectivity index (χ0n) is 14.1. The van der Waals surface area contributed by atoms with Crippen molar-refractivity contribution >= 4 is 40.3 Å². The highest BCUT2D eigenvalue weighted by molar-refractivity contribution is 7.80. The second-order valence-electron chi connectivity index (χ2n) is 5.95. The van der Waals surface area contributed by atoms with Gasteiger partial charge < -0.3 is 10.6 Å². The van der Waals surface area contributed by atoms with Gasteiger partial charge in [-0.3, -0.25) is 4.68 Å². The maximum atomic E-state index is 5.91. The Bertz CT molecular complexity index is 904. The molecular weight excluding hydrogens is 352 g/mol. The molecule has 0 bridgehead atoms. The molecule has 25 heavy (non-hydrogen) atoms. The number of benzene rings is 2. The molecule has 6 heteroatoms. The van der Waals surface area contributed by atoms with Crippen LogP contribution in [0.3, 0.4) is 0 Å². The van der Waals surface area contributed by atoms with E-state index in [1.165, 1.54) is 5.56 Å². The first-order valence-electron chi connectivity index (χ1n) is 7.92. The number of nitrogens with one attached hydrogen (secondary N) is 2. The molecule has 2 N–H and O–H groups in total. The zero-order chi connectivity index (χ0) is 17.8. The Morgan fingerprint density at radius 2 is 2.00 bits per heavy atom. The third-order valence-corrected chi connectivity index (χ3v) is 4.16. The molecule has 0 atom stereocenters. The molecule has 0 unspecified atom stereocenters. The molecule has 1 heterocycles. The number of halogens is 1. The van der Waals surface area contributed by atoms with Crippen LogP contribution in [-0.4, -0.2) is 14.9 Å². The Kier molecular flexibility index (Phi) is 5.36. The van der Waals surface area contributed by atoms with Crippen molar-refractivity contribution in [2.24, 2.45) is 0 Å². The van der Waals surface area contributed by atoms with Crippen molar-refractivity contribution in [1.29, 1.82) is 0 Å². The topological polar surface area (TPSA) is 41.9 Å².